The van der Waals surface area contributed by atoms with E-state index in [-0.39, 0.29) is 42.6 Å². The number of aliphatic carboxylic acids is 1. The molecule has 0 fully saturated rings. The fourth-order valence-electron chi connectivity index (χ4n) is 3.20. The van der Waals surface area contributed by atoms with Crippen molar-refractivity contribution in [3.63, 3.8) is 0 Å². The van der Waals surface area contributed by atoms with Crippen molar-refractivity contribution < 1.29 is 28.5 Å². The molecule has 0 amide bonds. The summed E-state index contributed by atoms with van der Waals surface area (Å²) in [5.41, 5.74) is 1.86. The molecule has 0 unspecified atom stereocenters. The highest BCUT2D eigenvalue weighted by Gasteiger charge is 2.17. The fraction of sp³-hybridized carbons (Fsp3) is 0.174. The zero-order chi connectivity index (χ0) is 21.8. The maximum Gasteiger partial charge on any atom is 0.307 e. The lowest BCUT2D eigenvalue weighted by Crippen LogP contribution is -2.13. The molecule has 2 aromatic carbocycles. The Hall–Kier alpha value is -4.12. The summed E-state index contributed by atoms with van der Waals surface area (Å²) in [7, 11) is 0. The van der Waals surface area contributed by atoms with Crippen molar-refractivity contribution in [3.05, 3.63) is 71.0 Å². The summed E-state index contributed by atoms with van der Waals surface area (Å²) >= 11 is 0. The third kappa shape index (κ3) is 4.56. The molecule has 7 nitrogen and oxygen atoms in total. The molecule has 3 aromatic rings. The molecule has 8 heteroatoms. The van der Waals surface area contributed by atoms with Gasteiger partial charge >= 0.3 is 5.97 Å². The van der Waals surface area contributed by atoms with E-state index >= 15 is 0 Å². The standard InChI is InChI=1S/C23H17FN2O5/c24-18-9-16(10-23(27)28)21-11-17(18)19-2-1-3-22(26-19)31-13-15-5-4-14(12-25)8-20(15)29-6-7-30-21/h1-5,8-9,11H,6-7,10,13H2,(H,27,28). The summed E-state index contributed by atoms with van der Waals surface area (Å²) in [5.74, 6) is -0.721. The lowest BCUT2D eigenvalue weighted by Gasteiger charge is -2.17. The van der Waals surface area contributed by atoms with Gasteiger partial charge in [-0.2, -0.15) is 5.26 Å². The van der Waals surface area contributed by atoms with Gasteiger partial charge in [0.15, 0.2) is 0 Å². The second-order valence-electron chi connectivity index (χ2n) is 6.79. The van der Waals surface area contributed by atoms with E-state index in [1.165, 1.54) is 6.07 Å². The normalized spacial score (nSPS) is 12.8. The molecular weight excluding hydrogens is 403 g/mol. The van der Waals surface area contributed by atoms with E-state index in [1.54, 1.807) is 36.4 Å². The summed E-state index contributed by atoms with van der Waals surface area (Å²) in [5, 5.41) is 18.3. The first-order valence-corrected chi connectivity index (χ1v) is 9.46. The van der Waals surface area contributed by atoms with Gasteiger partial charge in [0.2, 0.25) is 5.88 Å². The highest BCUT2D eigenvalue weighted by molar-refractivity contribution is 5.73. The maximum absolute atomic E-state index is 14.8. The molecule has 0 spiro atoms. The minimum Gasteiger partial charge on any atom is -0.490 e. The molecule has 0 saturated heterocycles. The van der Waals surface area contributed by atoms with E-state index < -0.39 is 18.2 Å². The van der Waals surface area contributed by atoms with Crippen LogP contribution in [0.1, 0.15) is 16.7 Å². The van der Waals surface area contributed by atoms with Crippen molar-refractivity contribution >= 4 is 5.97 Å². The molecule has 4 bridgehead atoms. The monoisotopic (exact) mass is 420 g/mol. The number of aromatic nitrogens is 1. The lowest BCUT2D eigenvalue weighted by molar-refractivity contribution is -0.136. The molecular formula is C23H17FN2O5. The highest BCUT2D eigenvalue weighted by Crippen LogP contribution is 2.31. The predicted molar refractivity (Wildman–Crippen MR) is 107 cm³/mol. The van der Waals surface area contributed by atoms with Crippen LogP contribution in [0.4, 0.5) is 4.39 Å². The number of carbonyl (C=O) groups is 1. The number of hydrogen-bond acceptors (Lipinski definition) is 6. The van der Waals surface area contributed by atoms with Crippen molar-refractivity contribution in [3.8, 4) is 34.7 Å². The number of nitrogens with zero attached hydrogens (tertiary/aromatic N) is 2. The number of pyridine rings is 1. The number of halogens is 1. The smallest absolute Gasteiger partial charge is 0.307 e. The Balaban J connectivity index is 1.76. The molecule has 0 radical (unpaired) electrons. The first-order valence-electron chi connectivity index (χ1n) is 9.46. The summed E-state index contributed by atoms with van der Waals surface area (Å²) in [6, 6.07) is 14.6. The first kappa shape index (κ1) is 20.2. The largest absolute Gasteiger partial charge is 0.490 e. The Labute approximate surface area is 177 Å². The first-order chi connectivity index (χ1) is 15.0. The number of hydrogen-bond donors (Lipinski definition) is 1. The van der Waals surface area contributed by atoms with Gasteiger partial charge in [0, 0.05) is 22.8 Å². The van der Waals surface area contributed by atoms with Crippen LogP contribution in [-0.2, 0) is 17.8 Å². The van der Waals surface area contributed by atoms with E-state index in [0.717, 1.165) is 6.07 Å². The lowest BCUT2D eigenvalue weighted by atomic mass is 10.0. The van der Waals surface area contributed by atoms with Gasteiger partial charge in [-0.1, -0.05) is 12.1 Å². The molecule has 1 aliphatic heterocycles. The van der Waals surface area contributed by atoms with Crippen LogP contribution in [0.5, 0.6) is 17.4 Å². The van der Waals surface area contributed by atoms with Gasteiger partial charge in [0.25, 0.3) is 0 Å². The molecule has 2 heterocycles. The second-order valence-corrected chi connectivity index (χ2v) is 6.79. The predicted octanol–water partition coefficient (Wildman–Crippen LogP) is 3.74. The number of nitriles is 1. The van der Waals surface area contributed by atoms with Gasteiger partial charge in [-0.15, -0.1) is 0 Å². The summed E-state index contributed by atoms with van der Waals surface area (Å²) in [4.78, 5) is 15.6. The average Bonchev–Trinajstić information content (AvgIpc) is 2.76. The van der Waals surface area contributed by atoms with Gasteiger partial charge in [0.05, 0.1) is 23.7 Å². The Kier molecular flexibility index (Phi) is 5.67. The Morgan fingerprint density at radius 3 is 2.68 bits per heavy atom. The van der Waals surface area contributed by atoms with Crippen LogP contribution in [0.3, 0.4) is 0 Å². The summed E-state index contributed by atoms with van der Waals surface area (Å²) in [6.45, 7) is 0.358. The fourth-order valence-corrected chi connectivity index (χ4v) is 3.20. The minimum absolute atomic E-state index is 0.0856. The molecule has 0 saturated carbocycles. The van der Waals surface area contributed by atoms with Crippen LogP contribution in [-0.4, -0.2) is 29.3 Å². The van der Waals surface area contributed by atoms with Gasteiger partial charge in [-0.3, -0.25) is 4.79 Å². The topological polar surface area (TPSA) is 102 Å². The van der Waals surface area contributed by atoms with Crippen molar-refractivity contribution in [2.24, 2.45) is 0 Å². The molecule has 0 atom stereocenters. The Bertz CT molecular complexity index is 1190. The van der Waals surface area contributed by atoms with Crippen LogP contribution in [0.2, 0.25) is 0 Å². The van der Waals surface area contributed by atoms with E-state index in [4.69, 9.17) is 24.6 Å². The number of rotatable bonds is 2. The second kappa shape index (κ2) is 8.71. The maximum atomic E-state index is 14.8. The van der Waals surface area contributed by atoms with E-state index in [2.05, 4.69) is 11.1 Å². The van der Waals surface area contributed by atoms with Gasteiger partial charge in [-0.05, 0) is 30.3 Å². The third-order valence-corrected chi connectivity index (χ3v) is 4.66. The Morgan fingerprint density at radius 2 is 1.90 bits per heavy atom. The summed E-state index contributed by atoms with van der Waals surface area (Å²) in [6.07, 6.45) is -0.391. The molecule has 0 aliphatic carbocycles. The van der Waals surface area contributed by atoms with Gasteiger partial charge in [-0.25, -0.2) is 9.37 Å². The molecule has 1 aliphatic rings. The molecule has 4 rings (SSSR count). The minimum atomic E-state index is -1.10. The van der Waals surface area contributed by atoms with Gasteiger partial charge in [0.1, 0.15) is 37.1 Å². The van der Waals surface area contributed by atoms with Crippen molar-refractivity contribution in [2.75, 3.05) is 13.2 Å². The van der Waals surface area contributed by atoms with Crippen molar-refractivity contribution in [1.29, 1.82) is 5.26 Å². The quantitative estimate of drug-likeness (QED) is 0.674. The van der Waals surface area contributed by atoms with Crippen molar-refractivity contribution in [1.82, 2.24) is 4.98 Å². The average molecular weight is 420 g/mol. The number of carboxylic acids is 1. The number of ether oxygens (including phenoxy) is 3. The van der Waals surface area contributed by atoms with Crippen LogP contribution < -0.4 is 14.2 Å². The number of fused-ring (bicyclic) bond motifs is 6. The van der Waals surface area contributed by atoms with Crippen LogP contribution >= 0.6 is 0 Å². The highest BCUT2D eigenvalue weighted by atomic mass is 19.1. The molecule has 31 heavy (non-hydrogen) atoms. The van der Waals surface area contributed by atoms with Crippen LogP contribution in [0.25, 0.3) is 11.3 Å². The molecule has 1 N–H and O–H groups in total. The van der Waals surface area contributed by atoms with Gasteiger partial charge < -0.3 is 19.3 Å². The van der Waals surface area contributed by atoms with Crippen molar-refractivity contribution in [2.45, 2.75) is 13.0 Å². The van der Waals surface area contributed by atoms with E-state index in [0.29, 0.717) is 22.6 Å². The third-order valence-electron chi connectivity index (χ3n) is 4.66. The Morgan fingerprint density at radius 1 is 1.10 bits per heavy atom. The number of benzene rings is 2. The van der Waals surface area contributed by atoms with Crippen LogP contribution in [0.15, 0.2) is 48.5 Å². The number of carboxylic acid groups (broad SMARTS) is 1. The van der Waals surface area contributed by atoms with E-state index in [9.17, 15) is 9.18 Å². The molecule has 156 valence electrons. The summed E-state index contributed by atoms with van der Waals surface area (Å²) < 4.78 is 32.1. The SMILES string of the molecule is N#Cc1ccc2c(c1)OCCOc1cc(c(F)cc1CC(=O)O)-c1cccc(n1)OC2. The zero-order valence-corrected chi connectivity index (χ0v) is 16.3. The molecule has 1 aromatic heterocycles. The van der Waals surface area contributed by atoms with E-state index in [1.807, 2.05) is 0 Å². The van der Waals surface area contributed by atoms with Crippen LogP contribution in [0, 0.1) is 17.1 Å². The zero-order valence-electron chi connectivity index (χ0n) is 16.3.